The summed E-state index contributed by atoms with van der Waals surface area (Å²) in [6.45, 7) is 19.3. The van der Waals surface area contributed by atoms with Crippen molar-refractivity contribution in [2.24, 2.45) is 0 Å². The van der Waals surface area contributed by atoms with Crippen molar-refractivity contribution in [1.29, 1.82) is 0 Å². The molecule has 0 unspecified atom stereocenters. The van der Waals surface area contributed by atoms with Crippen LogP contribution >= 0.6 is 0 Å². The molecule has 0 atom stereocenters. The molecule has 0 aliphatic carbocycles. The summed E-state index contributed by atoms with van der Waals surface area (Å²) in [5, 5.41) is 18.2. The Morgan fingerprint density at radius 2 is 1.38 bits per heavy atom. The molecular weight excluding hydrogens is 411 g/mol. The molecule has 0 aromatic rings. The highest BCUT2D eigenvalue weighted by Crippen LogP contribution is 2.19. The zero-order valence-corrected chi connectivity index (χ0v) is 21.2. The summed E-state index contributed by atoms with van der Waals surface area (Å²) in [5.74, 6) is 1.33. The van der Waals surface area contributed by atoms with Crippen LogP contribution in [0.15, 0.2) is 12.1 Å². The van der Waals surface area contributed by atoms with E-state index in [-0.39, 0.29) is 5.97 Å². The van der Waals surface area contributed by atoms with E-state index in [1.54, 1.807) is 33.8 Å². The number of nitrogens with zero attached hydrogens (tertiary/aromatic N) is 2. The van der Waals surface area contributed by atoms with Crippen LogP contribution in [-0.2, 0) is 19.0 Å². The quantitative estimate of drug-likeness (QED) is 0.272. The normalized spacial score (nSPS) is 16.7. The standard InChI is InChI=1S/C17H31BN2O4.C6H14O2/c1-17(2,3)24-16(21)15-20-8-6-19(7-9-20)10-12-23-14-13-22-11-4-5-18;1-5(2,7)6(3,4)8/h4-5H,6-15H2,1-3H3;7-8H,1-4H3/b5-4+;. The molecule has 2 N–H and O–H groups in total. The maximum Gasteiger partial charge on any atom is 0.320 e. The Labute approximate surface area is 196 Å². The van der Waals surface area contributed by atoms with Gasteiger partial charge < -0.3 is 24.4 Å². The Hall–Kier alpha value is -0.965. The lowest BCUT2D eigenvalue weighted by Gasteiger charge is -2.34. The van der Waals surface area contributed by atoms with Crippen LogP contribution in [0.3, 0.4) is 0 Å². The van der Waals surface area contributed by atoms with Crippen molar-refractivity contribution in [3.05, 3.63) is 12.1 Å². The molecule has 186 valence electrons. The first-order valence-corrected chi connectivity index (χ1v) is 11.3. The summed E-state index contributed by atoms with van der Waals surface area (Å²) in [6.07, 6.45) is 1.76. The molecule has 1 aliphatic heterocycles. The van der Waals surface area contributed by atoms with E-state index in [2.05, 4.69) is 9.80 Å². The molecule has 0 spiro atoms. The molecule has 0 bridgehead atoms. The number of rotatable bonds is 11. The fourth-order valence-electron chi connectivity index (χ4n) is 2.35. The molecule has 2 radical (unpaired) electrons. The summed E-state index contributed by atoms with van der Waals surface area (Å²) >= 11 is 0. The highest BCUT2D eigenvalue weighted by Gasteiger charge is 2.32. The van der Waals surface area contributed by atoms with Gasteiger partial charge in [-0.3, -0.25) is 14.6 Å². The Morgan fingerprint density at radius 3 is 1.84 bits per heavy atom. The molecule has 1 fully saturated rings. The molecular formula is C23H45BN2O6. The van der Waals surface area contributed by atoms with Crippen LogP contribution in [0.4, 0.5) is 0 Å². The van der Waals surface area contributed by atoms with Gasteiger partial charge in [-0.2, -0.15) is 0 Å². The summed E-state index contributed by atoms with van der Waals surface area (Å²) in [5.41, 5.74) is -2.43. The predicted octanol–water partition coefficient (Wildman–Crippen LogP) is 1.19. The molecule has 32 heavy (non-hydrogen) atoms. The lowest BCUT2D eigenvalue weighted by molar-refractivity contribution is -0.156. The van der Waals surface area contributed by atoms with Crippen molar-refractivity contribution in [3.63, 3.8) is 0 Å². The van der Waals surface area contributed by atoms with E-state index in [4.69, 9.17) is 32.3 Å². The van der Waals surface area contributed by atoms with Gasteiger partial charge in [-0.25, -0.2) is 0 Å². The van der Waals surface area contributed by atoms with E-state index < -0.39 is 16.8 Å². The first-order chi connectivity index (χ1) is 14.7. The van der Waals surface area contributed by atoms with Crippen molar-refractivity contribution in [2.45, 2.75) is 65.3 Å². The van der Waals surface area contributed by atoms with Crippen LogP contribution < -0.4 is 0 Å². The summed E-state index contributed by atoms with van der Waals surface area (Å²) < 4.78 is 16.2. The molecule has 1 saturated heterocycles. The molecule has 0 aromatic heterocycles. The number of hydrogen-bond acceptors (Lipinski definition) is 8. The van der Waals surface area contributed by atoms with E-state index in [9.17, 15) is 4.79 Å². The Balaban J connectivity index is 0.00000102. The summed E-state index contributed by atoms with van der Waals surface area (Å²) in [7, 11) is 5.21. The van der Waals surface area contributed by atoms with Crippen molar-refractivity contribution >= 4 is 13.8 Å². The summed E-state index contributed by atoms with van der Waals surface area (Å²) in [4.78, 5) is 16.3. The van der Waals surface area contributed by atoms with Gasteiger partial charge in [0.2, 0.25) is 0 Å². The zero-order valence-electron chi connectivity index (χ0n) is 21.2. The van der Waals surface area contributed by atoms with Crippen molar-refractivity contribution in [1.82, 2.24) is 9.80 Å². The number of ether oxygens (including phenoxy) is 3. The number of piperazine rings is 1. The second-order valence-corrected chi connectivity index (χ2v) is 9.94. The molecule has 1 rings (SSSR count). The fourth-order valence-corrected chi connectivity index (χ4v) is 2.35. The van der Waals surface area contributed by atoms with Gasteiger partial charge >= 0.3 is 5.97 Å². The topological polar surface area (TPSA) is 91.7 Å². The second-order valence-electron chi connectivity index (χ2n) is 9.94. The first-order valence-electron chi connectivity index (χ1n) is 11.3. The third-order valence-electron chi connectivity index (χ3n) is 5.01. The molecule has 9 heteroatoms. The number of esters is 1. The zero-order chi connectivity index (χ0) is 24.8. The second kappa shape index (κ2) is 15.0. The smallest absolute Gasteiger partial charge is 0.320 e. The molecule has 1 aliphatic rings. The minimum atomic E-state index is -1.01. The molecule has 0 amide bonds. The van der Waals surface area contributed by atoms with Crippen LogP contribution in [0.2, 0.25) is 0 Å². The van der Waals surface area contributed by atoms with Gasteiger partial charge in [0.1, 0.15) is 13.4 Å². The number of carbonyl (C=O) groups excluding carboxylic acids is 1. The third kappa shape index (κ3) is 16.6. The van der Waals surface area contributed by atoms with E-state index in [0.717, 1.165) is 32.7 Å². The Morgan fingerprint density at radius 1 is 0.875 bits per heavy atom. The maximum absolute atomic E-state index is 11.8. The van der Waals surface area contributed by atoms with Crippen LogP contribution in [0.1, 0.15) is 48.5 Å². The lowest BCUT2D eigenvalue weighted by atomic mass is 9.90. The van der Waals surface area contributed by atoms with Gasteiger partial charge in [0.25, 0.3) is 0 Å². The average Bonchev–Trinajstić information content (AvgIpc) is 2.62. The van der Waals surface area contributed by atoms with Gasteiger partial charge in [0.05, 0.1) is 44.2 Å². The Kier molecular flexibility index (Phi) is 14.6. The number of hydrogen-bond donors (Lipinski definition) is 2. The van der Waals surface area contributed by atoms with Gasteiger partial charge in [-0.15, -0.1) is 5.98 Å². The van der Waals surface area contributed by atoms with Crippen molar-refractivity contribution in [3.8, 4) is 0 Å². The largest absolute Gasteiger partial charge is 0.459 e. The number of carbonyl (C=O) groups is 1. The van der Waals surface area contributed by atoms with Crippen molar-refractivity contribution in [2.75, 3.05) is 65.7 Å². The highest BCUT2D eigenvalue weighted by atomic mass is 16.6. The van der Waals surface area contributed by atoms with E-state index >= 15 is 0 Å². The van der Waals surface area contributed by atoms with Crippen LogP contribution in [0.5, 0.6) is 0 Å². The lowest BCUT2D eigenvalue weighted by Crippen LogP contribution is -2.49. The number of aliphatic hydroxyl groups is 2. The van der Waals surface area contributed by atoms with Gasteiger partial charge in [-0.1, -0.05) is 6.08 Å². The fraction of sp³-hybridized carbons (Fsp3) is 0.870. The van der Waals surface area contributed by atoms with Crippen LogP contribution in [0, 0.1) is 0 Å². The molecule has 8 nitrogen and oxygen atoms in total. The minimum absolute atomic E-state index is 0.149. The first kappa shape index (κ1) is 31.0. The van der Waals surface area contributed by atoms with Crippen molar-refractivity contribution < 1.29 is 29.2 Å². The van der Waals surface area contributed by atoms with Gasteiger partial charge in [-0.05, 0) is 48.5 Å². The molecule has 0 aromatic carbocycles. The minimum Gasteiger partial charge on any atom is -0.459 e. The Bertz CT molecular complexity index is 518. The SMILES string of the molecule is CC(C)(O)C(C)(C)O.[B]/C=C/COCCOCCN1CCN(CC(=O)OC(C)(C)C)CC1. The highest BCUT2D eigenvalue weighted by molar-refractivity contribution is 6.16. The van der Waals surface area contributed by atoms with Gasteiger partial charge in [0, 0.05) is 32.7 Å². The van der Waals surface area contributed by atoms with Crippen LogP contribution in [0.25, 0.3) is 0 Å². The average molecular weight is 456 g/mol. The summed E-state index contributed by atoms with van der Waals surface area (Å²) in [6, 6.07) is 0. The van der Waals surface area contributed by atoms with E-state index in [1.165, 1.54) is 5.98 Å². The third-order valence-corrected chi connectivity index (χ3v) is 5.01. The maximum atomic E-state index is 11.8. The molecule has 0 saturated carbocycles. The van der Waals surface area contributed by atoms with E-state index in [1.807, 2.05) is 20.8 Å². The monoisotopic (exact) mass is 456 g/mol. The predicted molar refractivity (Wildman–Crippen MR) is 128 cm³/mol. The van der Waals surface area contributed by atoms with Crippen LogP contribution in [-0.4, -0.2) is 116 Å². The molecule has 1 heterocycles. The van der Waals surface area contributed by atoms with Gasteiger partial charge in [0.15, 0.2) is 0 Å². The van der Waals surface area contributed by atoms with E-state index in [0.29, 0.717) is 33.0 Å².